The van der Waals surface area contributed by atoms with E-state index in [4.69, 9.17) is 10.2 Å². The summed E-state index contributed by atoms with van der Waals surface area (Å²) in [6, 6.07) is 8.88. The van der Waals surface area contributed by atoms with Gasteiger partial charge in [-0.05, 0) is 36.6 Å². The lowest BCUT2D eigenvalue weighted by Crippen LogP contribution is -2.36. The number of carboxylic acids is 1. The number of carboxylic acid groups (broad SMARTS) is 1. The molecule has 1 fully saturated rings. The number of benzene rings is 2. The van der Waals surface area contributed by atoms with E-state index in [0.717, 1.165) is 16.6 Å². The quantitative estimate of drug-likeness (QED) is 0.275. The van der Waals surface area contributed by atoms with E-state index in [2.05, 4.69) is 15.4 Å². The Labute approximate surface area is 249 Å². The number of hydrogen-bond donors (Lipinski definition) is 2. The zero-order valence-electron chi connectivity index (χ0n) is 23.7. The molecule has 0 saturated carbocycles. The van der Waals surface area contributed by atoms with Crippen molar-refractivity contribution in [3.8, 4) is 11.1 Å². The maximum absolute atomic E-state index is 15.6. The van der Waals surface area contributed by atoms with E-state index in [-0.39, 0.29) is 43.1 Å². The molecule has 6 rings (SSSR count). The number of halogens is 1. The van der Waals surface area contributed by atoms with Crippen molar-refractivity contribution in [3.05, 3.63) is 64.1 Å². The topological polar surface area (TPSA) is 135 Å². The molecule has 1 aliphatic heterocycles. The van der Waals surface area contributed by atoms with Crippen molar-refractivity contribution in [2.45, 2.75) is 45.2 Å². The molecular formula is C30H30FN7O4S. The van der Waals surface area contributed by atoms with Gasteiger partial charge in [0.25, 0.3) is 0 Å². The number of nitrogens with zero attached hydrogens (tertiary/aromatic N) is 6. The first-order chi connectivity index (χ1) is 20.7. The molecule has 0 bridgehead atoms. The van der Waals surface area contributed by atoms with Crippen LogP contribution in [0.2, 0.25) is 0 Å². The Bertz CT molecular complexity index is 1870. The molecule has 1 aliphatic rings. The largest absolute Gasteiger partial charge is 0.481 e. The molecule has 13 heteroatoms. The van der Waals surface area contributed by atoms with Gasteiger partial charge in [-0.3, -0.25) is 23.7 Å². The molecule has 4 heterocycles. The first kappa shape index (κ1) is 28.5. The first-order valence-corrected chi connectivity index (χ1v) is 14.8. The van der Waals surface area contributed by atoms with Crippen LogP contribution in [0.15, 0.2) is 41.9 Å². The van der Waals surface area contributed by atoms with Crippen molar-refractivity contribution in [1.82, 2.24) is 34.8 Å². The third-order valence-corrected chi connectivity index (χ3v) is 8.82. The van der Waals surface area contributed by atoms with Gasteiger partial charge < -0.3 is 15.3 Å². The van der Waals surface area contributed by atoms with Gasteiger partial charge in [0.2, 0.25) is 11.8 Å². The molecule has 0 spiro atoms. The second-order valence-corrected chi connectivity index (χ2v) is 11.7. The number of nitrogens with one attached hydrogen (secondary N) is 1. The maximum Gasteiger partial charge on any atom is 0.309 e. The van der Waals surface area contributed by atoms with E-state index in [9.17, 15) is 14.4 Å². The number of amides is 2. The highest BCUT2D eigenvalue weighted by molar-refractivity contribution is 7.09. The molecule has 2 amide bonds. The molecule has 2 aromatic carbocycles. The van der Waals surface area contributed by atoms with E-state index in [0.29, 0.717) is 58.7 Å². The Balaban J connectivity index is 1.35. The van der Waals surface area contributed by atoms with Crippen LogP contribution in [0.5, 0.6) is 0 Å². The Hall–Kier alpha value is -4.65. The fourth-order valence-corrected chi connectivity index (χ4v) is 6.50. The Morgan fingerprint density at radius 2 is 1.93 bits per heavy atom. The average molecular weight is 604 g/mol. The van der Waals surface area contributed by atoms with E-state index in [1.165, 1.54) is 17.4 Å². The number of aromatic nitrogens is 5. The Kier molecular flexibility index (Phi) is 7.65. The number of rotatable bonds is 8. The van der Waals surface area contributed by atoms with Gasteiger partial charge in [-0.25, -0.2) is 9.37 Å². The second kappa shape index (κ2) is 11.6. The number of aliphatic carboxylic acids is 1. The van der Waals surface area contributed by atoms with Gasteiger partial charge in [-0.1, -0.05) is 12.1 Å². The average Bonchev–Trinajstić information content (AvgIpc) is 3.68. The first-order valence-electron chi connectivity index (χ1n) is 14.0. The van der Waals surface area contributed by atoms with Crippen molar-refractivity contribution in [1.29, 1.82) is 0 Å². The highest BCUT2D eigenvalue weighted by atomic mass is 32.1. The summed E-state index contributed by atoms with van der Waals surface area (Å²) in [6.07, 6.45) is 2.87. The molecule has 0 aliphatic carbocycles. The van der Waals surface area contributed by atoms with Crippen LogP contribution in [-0.4, -0.2) is 65.4 Å². The summed E-state index contributed by atoms with van der Waals surface area (Å²) in [7, 11) is 1.81. The van der Waals surface area contributed by atoms with Crippen LogP contribution in [0.25, 0.3) is 32.9 Å². The monoisotopic (exact) mass is 603 g/mol. The fraction of sp³-hybridized carbons (Fsp3) is 0.333. The molecule has 1 saturated heterocycles. The highest BCUT2D eigenvalue weighted by Crippen LogP contribution is 2.39. The molecule has 0 unspecified atom stereocenters. The number of hydrogen-bond acceptors (Lipinski definition) is 7. The van der Waals surface area contributed by atoms with Crippen molar-refractivity contribution < 1.29 is 23.9 Å². The summed E-state index contributed by atoms with van der Waals surface area (Å²) >= 11 is 1.29. The van der Waals surface area contributed by atoms with Gasteiger partial charge >= 0.3 is 5.97 Å². The van der Waals surface area contributed by atoms with Crippen molar-refractivity contribution in [2.24, 2.45) is 7.05 Å². The number of carbonyl (C=O) groups is 3. The molecule has 3 aromatic heterocycles. The van der Waals surface area contributed by atoms with Crippen LogP contribution in [0.4, 0.5) is 4.39 Å². The lowest BCUT2D eigenvalue weighted by molar-refractivity contribution is -0.136. The summed E-state index contributed by atoms with van der Waals surface area (Å²) in [6.45, 7) is 2.87. The summed E-state index contributed by atoms with van der Waals surface area (Å²) in [4.78, 5) is 42.1. The molecule has 11 nitrogen and oxygen atoms in total. The predicted molar refractivity (Wildman–Crippen MR) is 159 cm³/mol. The molecular weight excluding hydrogens is 573 g/mol. The van der Waals surface area contributed by atoms with Crippen LogP contribution >= 0.6 is 11.3 Å². The van der Waals surface area contributed by atoms with Crippen LogP contribution in [0.3, 0.4) is 0 Å². The maximum atomic E-state index is 15.6. The molecule has 0 radical (unpaired) electrons. The summed E-state index contributed by atoms with van der Waals surface area (Å²) in [5.41, 5.74) is 3.84. The Morgan fingerprint density at radius 3 is 2.67 bits per heavy atom. The predicted octanol–water partition coefficient (Wildman–Crippen LogP) is 3.86. The number of aryl methyl sites for hydroxylation is 1. The molecule has 222 valence electrons. The zero-order valence-corrected chi connectivity index (χ0v) is 24.5. The third kappa shape index (κ3) is 5.72. The Morgan fingerprint density at radius 1 is 1.14 bits per heavy atom. The standard InChI is InChI=1S/C30H30FN7O4S/c1-17(39)37-8-6-18(7-9-37)30-29-21(22-12-25-19(10-23(22)31)13-33-36(25)2)4-3-5-24(29)38(35-30)15-26(40)32-14-27-34-20(16-43-27)11-28(41)42/h3-5,10,12-13,16,18H,6-9,11,14-15H2,1-2H3,(H,32,40)(H,41,42). The molecule has 43 heavy (non-hydrogen) atoms. The van der Waals surface area contributed by atoms with Gasteiger partial charge in [0, 0.05) is 54.7 Å². The van der Waals surface area contributed by atoms with Crippen molar-refractivity contribution >= 4 is 50.9 Å². The van der Waals surface area contributed by atoms with Gasteiger partial charge in [-0.2, -0.15) is 10.2 Å². The minimum absolute atomic E-state index is 0.0232. The minimum Gasteiger partial charge on any atom is -0.481 e. The van der Waals surface area contributed by atoms with Gasteiger partial charge in [0.15, 0.2) is 0 Å². The smallest absolute Gasteiger partial charge is 0.309 e. The van der Waals surface area contributed by atoms with Crippen molar-refractivity contribution in [2.75, 3.05) is 13.1 Å². The van der Waals surface area contributed by atoms with Crippen LogP contribution in [-0.2, 0) is 40.9 Å². The van der Waals surface area contributed by atoms with E-state index < -0.39 is 5.97 Å². The number of likely N-dealkylation sites (tertiary alicyclic amines) is 1. The summed E-state index contributed by atoms with van der Waals surface area (Å²) in [5.74, 6) is -1.57. The zero-order chi connectivity index (χ0) is 30.2. The SMILES string of the molecule is CC(=O)N1CCC(c2nn(CC(=O)NCc3nc(CC(=O)O)cs3)c3cccc(-c4cc5c(cnn5C)cc4F)c23)CC1. The van der Waals surface area contributed by atoms with Crippen molar-refractivity contribution in [3.63, 3.8) is 0 Å². The third-order valence-electron chi connectivity index (χ3n) is 7.92. The lowest BCUT2D eigenvalue weighted by atomic mass is 9.89. The number of thiazole rings is 1. The minimum atomic E-state index is -0.964. The summed E-state index contributed by atoms with van der Waals surface area (Å²) < 4.78 is 19.0. The van der Waals surface area contributed by atoms with E-state index in [1.807, 2.05) is 30.1 Å². The van der Waals surface area contributed by atoms with Crippen LogP contribution in [0.1, 0.15) is 42.1 Å². The van der Waals surface area contributed by atoms with E-state index >= 15 is 4.39 Å². The van der Waals surface area contributed by atoms with Gasteiger partial charge in [-0.15, -0.1) is 11.3 Å². The lowest BCUT2D eigenvalue weighted by Gasteiger charge is -2.30. The van der Waals surface area contributed by atoms with E-state index in [1.54, 1.807) is 33.9 Å². The second-order valence-electron chi connectivity index (χ2n) is 10.8. The fourth-order valence-electron chi connectivity index (χ4n) is 5.77. The number of carbonyl (C=O) groups excluding carboxylic acids is 2. The molecule has 2 N–H and O–H groups in total. The van der Waals surface area contributed by atoms with Gasteiger partial charge in [0.1, 0.15) is 17.4 Å². The molecule has 0 atom stereocenters. The number of fused-ring (bicyclic) bond motifs is 2. The van der Waals surface area contributed by atoms with Gasteiger partial charge in [0.05, 0.1) is 41.6 Å². The van der Waals surface area contributed by atoms with Crippen LogP contribution in [0, 0.1) is 5.82 Å². The normalized spacial score (nSPS) is 14.1. The van der Waals surface area contributed by atoms with Crippen LogP contribution < -0.4 is 5.32 Å². The highest BCUT2D eigenvalue weighted by Gasteiger charge is 2.28. The molecule has 5 aromatic rings. The summed E-state index contributed by atoms with van der Waals surface area (Å²) in [5, 5.41) is 24.8. The number of piperidine rings is 1.